The van der Waals surface area contributed by atoms with E-state index >= 15 is 0 Å². The van der Waals surface area contributed by atoms with Crippen LogP contribution in [0, 0.1) is 18.7 Å². The lowest BCUT2D eigenvalue weighted by Crippen LogP contribution is -2.58. The Morgan fingerprint density at radius 2 is 1.80 bits per heavy atom. The van der Waals surface area contributed by atoms with Gasteiger partial charge in [-0.25, -0.2) is 17.8 Å². The van der Waals surface area contributed by atoms with Gasteiger partial charge in [-0.3, -0.25) is 23.9 Å². The number of ether oxygens (including phenoxy) is 2. The summed E-state index contributed by atoms with van der Waals surface area (Å²) in [4.78, 5) is 62.1. The predicted octanol–water partition coefficient (Wildman–Crippen LogP) is 5.26. The zero-order valence-electron chi connectivity index (χ0n) is 33.0. The fourth-order valence-corrected chi connectivity index (χ4v) is 9.34. The molecule has 4 heterocycles. The van der Waals surface area contributed by atoms with Crippen molar-refractivity contribution in [3.63, 3.8) is 0 Å². The Balaban J connectivity index is 1.14. The van der Waals surface area contributed by atoms with Crippen molar-refractivity contribution in [1.29, 1.82) is 0 Å². The molecule has 3 N–H and O–H groups in total. The van der Waals surface area contributed by atoms with Crippen molar-refractivity contribution in [3.8, 4) is 11.6 Å². The number of pyridine rings is 1. The Morgan fingerprint density at radius 3 is 2.52 bits per heavy atom. The summed E-state index contributed by atoms with van der Waals surface area (Å²) in [5.41, 5.74) is -1.72. The second-order valence-corrected chi connectivity index (χ2v) is 18.6. The number of aromatic nitrogens is 2. The molecule has 0 spiro atoms. The Bertz CT molecular complexity index is 2580. The molecule has 2 saturated carbocycles. The van der Waals surface area contributed by atoms with Crippen molar-refractivity contribution in [1.82, 2.24) is 30.4 Å². The van der Waals surface area contributed by atoms with E-state index < -0.39 is 86.0 Å². The molecule has 61 heavy (non-hydrogen) atoms. The number of aryl methyl sites for hydroxylation is 1. The number of amides is 4. The van der Waals surface area contributed by atoms with Crippen LogP contribution in [0.5, 0.6) is 11.6 Å². The van der Waals surface area contributed by atoms with Crippen molar-refractivity contribution in [3.05, 3.63) is 71.9 Å². The Labute approximate surface area is 346 Å². The number of benzene rings is 2. The third-order valence-electron chi connectivity index (χ3n) is 11.8. The summed E-state index contributed by atoms with van der Waals surface area (Å²) in [7, 11) is -4.10. The number of hydrogen-bond donors (Lipinski definition) is 3. The van der Waals surface area contributed by atoms with E-state index in [1.54, 1.807) is 13.0 Å². The van der Waals surface area contributed by atoms with Crippen LogP contribution < -0.4 is 24.8 Å². The molecule has 1 saturated heterocycles. The minimum absolute atomic E-state index is 0.0131. The van der Waals surface area contributed by atoms with Gasteiger partial charge in [-0.15, -0.1) is 13.2 Å². The molecule has 5 atom stereocenters. The van der Waals surface area contributed by atoms with Gasteiger partial charge in [0.05, 0.1) is 16.8 Å². The third-order valence-corrected chi connectivity index (χ3v) is 14.0. The van der Waals surface area contributed by atoms with E-state index in [9.17, 15) is 45.2 Å². The number of carbonyl (C=O) groups is 4. The van der Waals surface area contributed by atoms with Crippen LogP contribution in [-0.4, -0.2) is 88.5 Å². The van der Waals surface area contributed by atoms with Crippen LogP contribution in [0.15, 0.2) is 59.1 Å². The number of nitrogens with zero attached hydrogens (tertiary/aromatic N) is 3. The summed E-state index contributed by atoms with van der Waals surface area (Å²) in [5, 5.41) is 10.2. The van der Waals surface area contributed by atoms with Gasteiger partial charge in [-0.05, 0) is 82.0 Å². The summed E-state index contributed by atoms with van der Waals surface area (Å²) in [6, 6.07) is 6.09. The van der Waals surface area contributed by atoms with Crippen LogP contribution in [0.2, 0.25) is 0 Å². The molecule has 15 nitrogen and oxygen atoms in total. The quantitative estimate of drug-likeness (QED) is 0.119. The number of rotatable bonds is 8. The lowest BCUT2D eigenvalue weighted by Gasteiger charge is -2.30. The number of carbonyl (C=O) groups excluding carboxylic acids is 4. The summed E-state index contributed by atoms with van der Waals surface area (Å²) >= 11 is 0. The summed E-state index contributed by atoms with van der Waals surface area (Å²) in [6.45, 7) is 2.84. The van der Waals surface area contributed by atoms with Crippen molar-refractivity contribution >= 4 is 55.3 Å². The van der Waals surface area contributed by atoms with E-state index in [2.05, 4.69) is 30.2 Å². The lowest BCUT2D eigenvalue weighted by atomic mass is 10.0. The topological polar surface area (TPSA) is 199 Å². The maximum absolute atomic E-state index is 14.8. The first-order valence-electron chi connectivity index (χ1n) is 19.9. The Morgan fingerprint density at radius 1 is 1.03 bits per heavy atom. The third kappa shape index (κ3) is 8.58. The molecule has 4 aliphatic rings. The highest BCUT2D eigenvalue weighted by molar-refractivity contribution is 7.91. The van der Waals surface area contributed by atoms with Gasteiger partial charge in [-0.2, -0.15) is 0 Å². The highest BCUT2D eigenvalue weighted by Gasteiger charge is 2.63. The summed E-state index contributed by atoms with van der Waals surface area (Å²) in [6.07, 6.45) is 0.816. The van der Waals surface area contributed by atoms with Gasteiger partial charge in [0, 0.05) is 35.2 Å². The van der Waals surface area contributed by atoms with Crippen LogP contribution in [-0.2, 0) is 24.4 Å². The molecule has 8 rings (SSSR count). The maximum atomic E-state index is 14.8. The number of alkyl halides is 3. The predicted molar refractivity (Wildman–Crippen MR) is 209 cm³/mol. The van der Waals surface area contributed by atoms with E-state index in [1.165, 1.54) is 36.1 Å². The minimum atomic E-state index is -5.00. The van der Waals surface area contributed by atoms with Gasteiger partial charge in [0.25, 0.3) is 11.8 Å². The molecule has 0 bridgehead atoms. The average Bonchev–Trinajstić information content (AvgIpc) is 3.99. The molecule has 0 radical (unpaired) electrons. The van der Waals surface area contributed by atoms with Gasteiger partial charge >= 0.3 is 6.36 Å². The molecule has 4 aromatic rings. The molecular formula is C41H42F4N6O9S. The monoisotopic (exact) mass is 870 g/mol. The first kappa shape index (κ1) is 41.9. The van der Waals surface area contributed by atoms with Crippen LogP contribution in [0.4, 0.5) is 17.6 Å². The standard InChI is InChI=1S/C41H42F4N6O9S/c1-22-16-32(49-60-22)34(52)46-30-9-7-5-3-4-6-8-23-20-40(23,38(55)50-61(56,57)39(2)14-15-39)48-35(53)33-19-26(21-51(33)37(30)54)58-36-29-17-24(42)10-12-27(29)28-13-11-25(18-31(28)47-36)59-41(43,44)45/h6,8,10-13,16-18,23,26,30,33H,3-5,7,9,14-15,19-21H2,1-2H3,(H,46,52)(H,48,53)(H,50,55)/b8-6-/t23-,26-,30+,33+,40-/m1/s1. The zero-order chi connectivity index (χ0) is 43.5. The second kappa shape index (κ2) is 15.6. The molecule has 3 fully saturated rings. The highest BCUT2D eigenvalue weighted by atomic mass is 32.2. The molecular weight excluding hydrogens is 829 g/mol. The first-order chi connectivity index (χ1) is 28.8. The number of nitrogens with one attached hydrogen (secondary N) is 3. The number of hydrogen-bond acceptors (Lipinski definition) is 11. The fraction of sp³-hybridized carbons (Fsp3) is 0.463. The first-order valence-corrected chi connectivity index (χ1v) is 21.4. The minimum Gasteiger partial charge on any atom is -0.472 e. The van der Waals surface area contributed by atoms with Crippen molar-refractivity contribution < 1.29 is 59.2 Å². The molecule has 2 aliphatic heterocycles. The molecule has 20 heteroatoms. The van der Waals surface area contributed by atoms with Gasteiger partial charge in [0.15, 0.2) is 5.69 Å². The molecule has 2 aromatic heterocycles. The Kier molecular flexibility index (Phi) is 10.7. The van der Waals surface area contributed by atoms with Crippen molar-refractivity contribution in [2.45, 2.75) is 106 Å². The van der Waals surface area contributed by atoms with Crippen molar-refractivity contribution in [2.24, 2.45) is 5.92 Å². The Hall–Kier alpha value is -5.79. The fourth-order valence-electron chi connectivity index (χ4n) is 8.03. The van der Waals surface area contributed by atoms with E-state index in [0.29, 0.717) is 55.1 Å². The summed E-state index contributed by atoms with van der Waals surface area (Å²) in [5.74, 6) is -4.72. The lowest BCUT2D eigenvalue weighted by molar-refractivity contribution is -0.274. The number of fused-ring (bicyclic) bond motifs is 5. The van der Waals surface area contributed by atoms with Crippen LogP contribution in [0.1, 0.15) is 81.0 Å². The second-order valence-electron chi connectivity index (χ2n) is 16.4. The zero-order valence-corrected chi connectivity index (χ0v) is 33.8. The van der Waals surface area contributed by atoms with Crippen LogP contribution in [0.25, 0.3) is 21.7 Å². The van der Waals surface area contributed by atoms with Gasteiger partial charge in [0.2, 0.25) is 27.7 Å². The van der Waals surface area contributed by atoms with E-state index in [1.807, 2.05) is 6.08 Å². The molecule has 2 aliphatic carbocycles. The van der Waals surface area contributed by atoms with Gasteiger partial charge in [0.1, 0.15) is 41.1 Å². The number of halogens is 4. The highest BCUT2D eigenvalue weighted by Crippen LogP contribution is 2.48. The van der Waals surface area contributed by atoms with Crippen LogP contribution >= 0.6 is 0 Å². The van der Waals surface area contributed by atoms with Gasteiger partial charge in [-0.1, -0.05) is 36.2 Å². The van der Waals surface area contributed by atoms with E-state index in [0.717, 1.165) is 18.2 Å². The van der Waals surface area contributed by atoms with Crippen molar-refractivity contribution in [2.75, 3.05) is 6.54 Å². The van der Waals surface area contributed by atoms with E-state index in [4.69, 9.17) is 9.26 Å². The maximum Gasteiger partial charge on any atom is 0.573 e. The summed E-state index contributed by atoms with van der Waals surface area (Å²) < 4.78 is 97.2. The number of allylic oxidation sites excluding steroid dienone is 1. The molecule has 4 amide bonds. The average molecular weight is 871 g/mol. The number of sulfonamides is 1. The molecule has 2 aromatic carbocycles. The van der Waals surface area contributed by atoms with E-state index in [-0.39, 0.29) is 48.3 Å². The molecule has 0 unspecified atom stereocenters. The molecule has 324 valence electrons. The largest absolute Gasteiger partial charge is 0.573 e. The SMILES string of the molecule is Cc1cc(C(=O)N[C@H]2CCCCC/C=C\[C@@H]3C[C@@]3(C(=O)NS(=O)(=O)C3(C)CC3)NC(=O)[C@@H]3C[C@@H](Oc4nc5cc(OC(F)(F)F)ccc5c5ccc(F)cc45)CN3C2=O)no1. The van der Waals surface area contributed by atoms with Gasteiger partial charge < -0.3 is 29.5 Å². The smallest absolute Gasteiger partial charge is 0.472 e. The normalized spacial score (nSPS) is 26.0. The van der Waals surface area contributed by atoms with Crippen LogP contribution in [0.3, 0.4) is 0 Å².